The third-order valence-electron chi connectivity index (χ3n) is 5.64. The molecule has 34 heavy (non-hydrogen) atoms. The van der Waals surface area contributed by atoms with E-state index in [-0.39, 0.29) is 18.2 Å². The number of para-hydroxylation sites is 1. The minimum absolute atomic E-state index is 0.195. The van der Waals surface area contributed by atoms with Crippen molar-refractivity contribution < 1.29 is 14.4 Å². The Labute approximate surface area is 202 Å². The molecule has 0 unspecified atom stereocenters. The molecule has 1 aliphatic heterocycles. The largest absolute Gasteiger partial charge is 0.366 e. The van der Waals surface area contributed by atoms with Crippen LogP contribution in [-0.2, 0) is 16.0 Å². The minimum Gasteiger partial charge on any atom is -0.366 e. The average Bonchev–Trinajstić information content (AvgIpc) is 2.94. The number of nitrogens with zero attached hydrogens (tertiary/aromatic N) is 2. The van der Waals surface area contributed by atoms with E-state index in [0.717, 1.165) is 11.1 Å². The first-order valence-corrected chi connectivity index (χ1v) is 11.1. The average molecular weight is 475 g/mol. The van der Waals surface area contributed by atoms with Gasteiger partial charge < -0.3 is 16.0 Å². The number of carbonyl (C=O) groups is 3. The van der Waals surface area contributed by atoms with Crippen LogP contribution in [-0.4, -0.2) is 36.6 Å². The molecular formula is C26H23ClN4O3. The van der Waals surface area contributed by atoms with Crippen LogP contribution in [0.4, 0.5) is 5.69 Å². The number of likely N-dealkylation sites (N-methyl/N-ethyl adjacent to an activating group) is 1. The highest BCUT2D eigenvalue weighted by Crippen LogP contribution is 2.27. The van der Waals surface area contributed by atoms with Crippen molar-refractivity contribution >= 4 is 40.7 Å². The Morgan fingerprint density at radius 2 is 1.71 bits per heavy atom. The fourth-order valence-corrected chi connectivity index (χ4v) is 3.90. The maximum Gasteiger partial charge on any atom is 0.272 e. The second-order valence-electron chi connectivity index (χ2n) is 7.93. The lowest BCUT2D eigenvalue weighted by Crippen LogP contribution is -2.46. The van der Waals surface area contributed by atoms with E-state index in [1.54, 1.807) is 43.4 Å². The Morgan fingerprint density at radius 3 is 2.38 bits per heavy atom. The summed E-state index contributed by atoms with van der Waals surface area (Å²) in [6.45, 7) is 0. The number of rotatable bonds is 6. The number of primary amides is 1. The highest BCUT2D eigenvalue weighted by molar-refractivity contribution is 6.30. The van der Waals surface area contributed by atoms with E-state index in [0.29, 0.717) is 34.0 Å². The van der Waals surface area contributed by atoms with Crippen molar-refractivity contribution in [2.24, 2.45) is 10.7 Å². The van der Waals surface area contributed by atoms with Gasteiger partial charge in [0.1, 0.15) is 0 Å². The van der Waals surface area contributed by atoms with E-state index in [2.05, 4.69) is 10.3 Å². The molecule has 3 aromatic carbocycles. The van der Waals surface area contributed by atoms with E-state index in [9.17, 15) is 14.4 Å². The monoisotopic (exact) mass is 474 g/mol. The second-order valence-corrected chi connectivity index (χ2v) is 8.37. The van der Waals surface area contributed by atoms with E-state index < -0.39 is 12.1 Å². The first-order valence-electron chi connectivity index (χ1n) is 10.7. The third-order valence-corrected chi connectivity index (χ3v) is 5.89. The van der Waals surface area contributed by atoms with Crippen LogP contribution in [0.25, 0.3) is 0 Å². The van der Waals surface area contributed by atoms with Crippen LogP contribution in [0.1, 0.15) is 33.5 Å². The molecule has 0 bridgehead atoms. The molecule has 1 heterocycles. The Bertz CT molecular complexity index is 1270. The molecule has 3 amide bonds. The quantitative estimate of drug-likeness (QED) is 0.572. The van der Waals surface area contributed by atoms with Crippen LogP contribution in [0.2, 0.25) is 5.02 Å². The molecule has 1 aliphatic rings. The van der Waals surface area contributed by atoms with E-state index in [4.69, 9.17) is 17.3 Å². The van der Waals surface area contributed by atoms with Crippen molar-refractivity contribution in [2.45, 2.75) is 19.0 Å². The Kier molecular flexibility index (Phi) is 6.75. The number of anilines is 1. The van der Waals surface area contributed by atoms with Crippen LogP contribution >= 0.6 is 11.6 Å². The fraction of sp³-hybridized carbons (Fsp3) is 0.154. The Hall–Kier alpha value is -3.97. The van der Waals surface area contributed by atoms with Gasteiger partial charge in [-0.15, -0.1) is 0 Å². The minimum atomic E-state index is -1.10. The van der Waals surface area contributed by atoms with E-state index in [1.807, 2.05) is 36.4 Å². The molecule has 3 aromatic rings. The van der Waals surface area contributed by atoms with Crippen LogP contribution in [0.15, 0.2) is 77.8 Å². The zero-order chi connectivity index (χ0) is 24.2. The van der Waals surface area contributed by atoms with Gasteiger partial charge in [0.2, 0.25) is 18.0 Å². The van der Waals surface area contributed by atoms with Gasteiger partial charge in [-0.05, 0) is 42.3 Å². The Morgan fingerprint density at radius 1 is 1.03 bits per heavy atom. The predicted molar refractivity (Wildman–Crippen MR) is 132 cm³/mol. The number of aliphatic imine (C=N–C) groups is 1. The SMILES string of the molecule is CN1C(=O)[C@@H](NC(=O)CCc2ccc(Cl)cc2)N=C(c2ccc(C(N)=O)cc2)c2ccccc21. The number of nitrogens with one attached hydrogen (secondary N) is 1. The maximum absolute atomic E-state index is 13.2. The summed E-state index contributed by atoms with van der Waals surface area (Å²) in [5.74, 6) is -1.17. The zero-order valence-electron chi connectivity index (χ0n) is 18.5. The lowest BCUT2D eigenvalue weighted by atomic mass is 9.99. The summed E-state index contributed by atoms with van der Waals surface area (Å²) in [4.78, 5) is 43.5. The molecule has 0 saturated carbocycles. The van der Waals surface area contributed by atoms with Crippen molar-refractivity contribution in [3.05, 3.63) is 100 Å². The van der Waals surface area contributed by atoms with Gasteiger partial charge in [-0.1, -0.05) is 54.1 Å². The highest BCUT2D eigenvalue weighted by Gasteiger charge is 2.30. The molecule has 0 aliphatic carbocycles. The molecule has 0 fully saturated rings. The summed E-state index contributed by atoms with van der Waals surface area (Å²) in [5.41, 5.74) is 9.33. The summed E-state index contributed by atoms with van der Waals surface area (Å²) >= 11 is 5.92. The summed E-state index contributed by atoms with van der Waals surface area (Å²) in [7, 11) is 1.66. The van der Waals surface area contributed by atoms with Gasteiger partial charge in [0, 0.05) is 35.2 Å². The molecular weight excluding hydrogens is 452 g/mol. The third kappa shape index (κ3) is 5.00. The predicted octanol–water partition coefficient (Wildman–Crippen LogP) is 3.33. The topological polar surface area (TPSA) is 105 Å². The fourth-order valence-electron chi connectivity index (χ4n) is 3.77. The molecule has 172 valence electrons. The summed E-state index contributed by atoms with van der Waals surface area (Å²) < 4.78 is 0. The van der Waals surface area contributed by atoms with Gasteiger partial charge in [0.15, 0.2) is 0 Å². The van der Waals surface area contributed by atoms with Crippen LogP contribution in [0.5, 0.6) is 0 Å². The van der Waals surface area contributed by atoms with Gasteiger partial charge in [-0.3, -0.25) is 14.4 Å². The summed E-state index contributed by atoms with van der Waals surface area (Å²) in [6, 6.07) is 21.3. The number of carbonyl (C=O) groups excluding carboxylic acids is 3. The molecule has 3 N–H and O–H groups in total. The normalized spacial score (nSPS) is 15.2. The van der Waals surface area contributed by atoms with Crippen molar-refractivity contribution in [3.63, 3.8) is 0 Å². The molecule has 0 saturated heterocycles. The summed E-state index contributed by atoms with van der Waals surface area (Å²) in [5, 5.41) is 3.40. The number of hydrogen-bond acceptors (Lipinski definition) is 4. The molecule has 0 radical (unpaired) electrons. The lowest BCUT2D eigenvalue weighted by molar-refractivity contribution is -0.127. The van der Waals surface area contributed by atoms with Gasteiger partial charge in [-0.2, -0.15) is 0 Å². The molecule has 0 aromatic heterocycles. The molecule has 0 spiro atoms. The standard InChI is InChI=1S/C26H23ClN4O3/c1-31-21-5-3-2-4-20(21)23(17-9-11-18(12-10-17)24(28)33)30-25(26(31)34)29-22(32)15-8-16-6-13-19(27)14-7-16/h2-7,9-14,25H,8,15H2,1H3,(H2,28,33)(H,29,32)/t25-/m0/s1. The number of benzene rings is 3. The highest BCUT2D eigenvalue weighted by atomic mass is 35.5. The van der Waals surface area contributed by atoms with Crippen LogP contribution < -0.4 is 16.0 Å². The van der Waals surface area contributed by atoms with Gasteiger partial charge in [0.25, 0.3) is 5.91 Å². The lowest BCUT2D eigenvalue weighted by Gasteiger charge is -2.20. The zero-order valence-corrected chi connectivity index (χ0v) is 19.3. The van der Waals surface area contributed by atoms with Gasteiger partial charge >= 0.3 is 0 Å². The number of amides is 3. The van der Waals surface area contributed by atoms with Crippen LogP contribution in [0.3, 0.4) is 0 Å². The smallest absolute Gasteiger partial charge is 0.272 e. The first kappa shape index (κ1) is 23.2. The van der Waals surface area contributed by atoms with Gasteiger partial charge in [-0.25, -0.2) is 4.99 Å². The van der Waals surface area contributed by atoms with Crippen molar-refractivity contribution in [1.29, 1.82) is 0 Å². The number of nitrogens with two attached hydrogens (primary N) is 1. The van der Waals surface area contributed by atoms with Gasteiger partial charge in [0.05, 0.1) is 11.4 Å². The number of benzodiazepines with no additional fused rings is 1. The molecule has 4 rings (SSSR count). The maximum atomic E-state index is 13.2. The van der Waals surface area contributed by atoms with Crippen LogP contribution in [0, 0.1) is 0 Å². The number of hydrogen-bond donors (Lipinski definition) is 2. The second kappa shape index (κ2) is 9.89. The number of halogens is 1. The molecule has 1 atom stereocenters. The molecule has 8 heteroatoms. The van der Waals surface area contributed by atoms with E-state index >= 15 is 0 Å². The number of fused-ring (bicyclic) bond motifs is 1. The number of aryl methyl sites for hydroxylation is 1. The molecule has 7 nitrogen and oxygen atoms in total. The van der Waals surface area contributed by atoms with E-state index in [1.165, 1.54) is 4.90 Å². The summed E-state index contributed by atoms with van der Waals surface area (Å²) in [6.07, 6.45) is -0.397. The Balaban J connectivity index is 1.63. The van der Waals surface area contributed by atoms with Crippen molar-refractivity contribution in [2.75, 3.05) is 11.9 Å². The van der Waals surface area contributed by atoms with Crippen molar-refractivity contribution in [1.82, 2.24) is 5.32 Å². The van der Waals surface area contributed by atoms with Crippen molar-refractivity contribution in [3.8, 4) is 0 Å². The first-order chi connectivity index (χ1) is 16.3.